The Balaban J connectivity index is 1.60. The molecule has 0 saturated heterocycles. The van der Waals surface area contributed by atoms with Crippen molar-refractivity contribution in [1.29, 1.82) is 0 Å². The van der Waals surface area contributed by atoms with Crippen molar-refractivity contribution >= 4 is 11.8 Å². The molecule has 2 atom stereocenters. The summed E-state index contributed by atoms with van der Waals surface area (Å²) in [5.41, 5.74) is 8.97. The quantitative estimate of drug-likeness (QED) is 0.302. The van der Waals surface area contributed by atoms with Gasteiger partial charge in [0.25, 0.3) is 0 Å². The molecule has 0 radical (unpaired) electrons. The minimum atomic E-state index is -0.737. The minimum absolute atomic E-state index is 0.251. The second-order valence-electron chi connectivity index (χ2n) is 9.04. The van der Waals surface area contributed by atoms with E-state index in [9.17, 15) is 9.59 Å². The fourth-order valence-corrected chi connectivity index (χ4v) is 3.67. The van der Waals surface area contributed by atoms with E-state index in [2.05, 4.69) is 20.6 Å². The molecule has 0 aliphatic carbocycles. The van der Waals surface area contributed by atoms with Gasteiger partial charge in [0, 0.05) is 31.3 Å². The number of hydrogen-bond acceptors (Lipinski definition) is 5. The van der Waals surface area contributed by atoms with E-state index in [0.29, 0.717) is 32.4 Å². The van der Waals surface area contributed by atoms with Gasteiger partial charge in [-0.05, 0) is 35.6 Å². The Labute approximate surface area is 206 Å². The van der Waals surface area contributed by atoms with Crippen LogP contribution in [0.3, 0.4) is 0 Å². The third-order valence-corrected chi connectivity index (χ3v) is 5.56. The minimum Gasteiger partial charge on any atom is -0.489 e. The summed E-state index contributed by atoms with van der Waals surface area (Å²) in [5, 5.41) is 5.76. The fourth-order valence-electron chi connectivity index (χ4n) is 3.67. The third kappa shape index (κ3) is 8.90. The first-order chi connectivity index (χ1) is 16.9. The number of carbonyl (C=O) groups excluding carboxylic acids is 2. The van der Waals surface area contributed by atoms with Crippen LogP contribution >= 0.6 is 0 Å². The lowest BCUT2D eigenvalue weighted by atomic mass is 10.0. The van der Waals surface area contributed by atoms with Crippen LogP contribution in [-0.2, 0) is 29.0 Å². The first-order valence-corrected chi connectivity index (χ1v) is 12.0. The average Bonchev–Trinajstić information content (AvgIpc) is 3.37. The zero-order chi connectivity index (χ0) is 25.0. The molecule has 3 rings (SSSR count). The summed E-state index contributed by atoms with van der Waals surface area (Å²) in [7, 11) is 0. The highest BCUT2D eigenvalue weighted by Gasteiger charge is 2.24. The van der Waals surface area contributed by atoms with Gasteiger partial charge in [-0.1, -0.05) is 56.3 Å². The molecule has 1 heterocycles. The molecule has 186 valence electrons. The molecule has 2 amide bonds. The lowest BCUT2D eigenvalue weighted by Crippen LogP contribution is -2.53. The molecule has 0 aliphatic rings. The Hall–Kier alpha value is -3.65. The maximum absolute atomic E-state index is 13.0. The maximum Gasteiger partial charge on any atom is 0.242 e. The molecule has 2 aromatic carbocycles. The lowest BCUT2D eigenvalue weighted by Gasteiger charge is -2.21. The van der Waals surface area contributed by atoms with Crippen molar-refractivity contribution < 1.29 is 14.3 Å². The molecule has 0 fully saturated rings. The summed E-state index contributed by atoms with van der Waals surface area (Å²) in [6, 6.07) is 16.1. The van der Waals surface area contributed by atoms with Crippen molar-refractivity contribution in [3.8, 4) is 5.75 Å². The van der Waals surface area contributed by atoms with Crippen LogP contribution in [0.2, 0.25) is 0 Å². The van der Waals surface area contributed by atoms with Crippen molar-refractivity contribution in [2.24, 2.45) is 11.7 Å². The second-order valence-corrected chi connectivity index (χ2v) is 9.04. The molecule has 0 spiro atoms. The highest BCUT2D eigenvalue weighted by Crippen LogP contribution is 2.16. The number of aromatic nitrogens is 2. The molecule has 8 heteroatoms. The van der Waals surface area contributed by atoms with Crippen LogP contribution in [0.4, 0.5) is 0 Å². The van der Waals surface area contributed by atoms with Crippen LogP contribution in [0.5, 0.6) is 5.75 Å². The molecular weight excluding hydrogens is 442 g/mol. The normalized spacial score (nSPS) is 12.7. The number of nitrogens with two attached hydrogens (primary N) is 1. The molecule has 2 unspecified atom stereocenters. The van der Waals surface area contributed by atoms with E-state index >= 15 is 0 Å². The van der Waals surface area contributed by atoms with Crippen molar-refractivity contribution in [2.75, 3.05) is 6.54 Å². The van der Waals surface area contributed by atoms with Crippen molar-refractivity contribution in [3.05, 3.63) is 83.9 Å². The summed E-state index contributed by atoms with van der Waals surface area (Å²) in [4.78, 5) is 32.6. The Morgan fingerprint density at radius 2 is 1.77 bits per heavy atom. The van der Waals surface area contributed by atoms with Crippen molar-refractivity contribution in [1.82, 2.24) is 20.6 Å². The largest absolute Gasteiger partial charge is 0.489 e. The van der Waals surface area contributed by atoms with Gasteiger partial charge >= 0.3 is 0 Å². The van der Waals surface area contributed by atoms with E-state index in [-0.39, 0.29) is 17.7 Å². The summed E-state index contributed by atoms with van der Waals surface area (Å²) in [6.45, 7) is 4.92. The zero-order valence-corrected chi connectivity index (χ0v) is 20.4. The van der Waals surface area contributed by atoms with Gasteiger partial charge in [0.1, 0.15) is 18.4 Å². The molecule has 5 N–H and O–H groups in total. The first kappa shape index (κ1) is 26.0. The summed E-state index contributed by atoms with van der Waals surface area (Å²) in [6.07, 6.45) is 4.83. The number of benzene rings is 2. The van der Waals surface area contributed by atoms with Gasteiger partial charge in [-0.25, -0.2) is 4.98 Å². The van der Waals surface area contributed by atoms with Crippen LogP contribution in [0.25, 0.3) is 0 Å². The Kier molecular flexibility index (Phi) is 9.86. The van der Waals surface area contributed by atoms with Crippen LogP contribution in [0.1, 0.15) is 37.1 Å². The maximum atomic E-state index is 13.0. The molecular formula is C27H35N5O3. The predicted molar refractivity (Wildman–Crippen MR) is 136 cm³/mol. The number of hydrogen-bond donors (Lipinski definition) is 4. The number of nitrogens with one attached hydrogen (secondary N) is 3. The van der Waals surface area contributed by atoms with E-state index in [4.69, 9.17) is 10.5 Å². The number of H-pyrrole nitrogens is 1. The van der Waals surface area contributed by atoms with Gasteiger partial charge < -0.3 is 26.1 Å². The molecule has 0 bridgehead atoms. The molecule has 8 nitrogen and oxygen atoms in total. The standard InChI is InChI=1S/C27H35N5O3/c1-19(2)14-24(28)26(33)32-25(27(34)30-13-12-22-16-29-18-31-22)15-20-8-10-23(11-9-20)35-17-21-6-4-3-5-7-21/h3-11,16,18-19,24-25H,12-15,17,28H2,1-2H3,(H,29,31)(H,30,34)(H,32,33). The summed E-state index contributed by atoms with van der Waals surface area (Å²) < 4.78 is 5.85. The number of nitrogens with zero attached hydrogens (tertiary/aromatic N) is 1. The Bertz CT molecular complexity index is 1040. The number of carbonyl (C=O) groups is 2. The van der Waals surface area contributed by atoms with Gasteiger partial charge in [-0.15, -0.1) is 0 Å². The van der Waals surface area contributed by atoms with E-state index in [0.717, 1.165) is 22.6 Å². The van der Waals surface area contributed by atoms with Gasteiger partial charge in [-0.3, -0.25) is 9.59 Å². The molecule has 0 aliphatic heterocycles. The number of imidazole rings is 1. The molecule has 0 saturated carbocycles. The number of amides is 2. The zero-order valence-electron chi connectivity index (χ0n) is 20.4. The van der Waals surface area contributed by atoms with Crippen LogP contribution in [-0.4, -0.2) is 40.4 Å². The van der Waals surface area contributed by atoms with E-state index in [1.807, 2.05) is 68.4 Å². The van der Waals surface area contributed by atoms with Gasteiger partial charge in [0.15, 0.2) is 0 Å². The number of aromatic amines is 1. The van der Waals surface area contributed by atoms with Crippen LogP contribution in [0, 0.1) is 5.92 Å². The topological polar surface area (TPSA) is 122 Å². The molecule has 1 aromatic heterocycles. The predicted octanol–water partition coefficient (Wildman–Crippen LogP) is 2.75. The Morgan fingerprint density at radius 3 is 2.43 bits per heavy atom. The van der Waals surface area contributed by atoms with Gasteiger partial charge in [0.05, 0.1) is 12.4 Å². The van der Waals surface area contributed by atoms with E-state index < -0.39 is 12.1 Å². The first-order valence-electron chi connectivity index (χ1n) is 12.0. The van der Waals surface area contributed by atoms with Gasteiger partial charge in [0.2, 0.25) is 11.8 Å². The molecule has 3 aromatic rings. The van der Waals surface area contributed by atoms with Gasteiger partial charge in [-0.2, -0.15) is 0 Å². The van der Waals surface area contributed by atoms with Crippen molar-refractivity contribution in [2.45, 2.75) is 51.8 Å². The van der Waals surface area contributed by atoms with Crippen LogP contribution in [0.15, 0.2) is 67.1 Å². The number of ether oxygens (including phenoxy) is 1. The Morgan fingerprint density at radius 1 is 1.03 bits per heavy atom. The number of rotatable bonds is 13. The van der Waals surface area contributed by atoms with Crippen molar-refractivity contribution in [3.63, 3.8) is 0 Å². The highest BCUT2D eigenvalue weighted by molar-refractivity contribution is 5.89. The average molecular weight is 478 g/mol. The van der Waals surface area contributed by atoms with E-state index in [1.54, 1.807) is 12.5 Å². The fraction of sp³-hybridized carbons (Fsp3) is 0.370. The van der Waals surface area contributed by atoms with E-state index in [1.165, 1.54) is 0 Å². The molecule has 35 heavy (non-hydrogen) atoms. The summed E-state index contributed by atoms with van der Waals surface area (Å²) >= 11 is 0. The van der Waals surface area contributed by atoms with Crippen LogP contribution < -0.4 is 21.1 Å². The highest BCUT2D eigenvalue weighted by atomic mass is 16.5. The SMILES string of the molecule is CC(C)CC(N)C(=O)NC(Cc1ccc(OCc2ccccc2)cc1)C(=O)NCCc1cnc[nH]1. The lowest BCUT2D eigenvalue weighted by molar-refractivity contribution is -0.129. The summed E-state index contributed by atoms with van der Waals surface area (Å²) in [5.74, 6) is 0.441. The smallest absolute Gasteiger partial charge is 0.242 e. The monoisotopic (exact) mass is 477 g/mol. The second kappa shape index (κ2) is 13.3. The third-order valence-electron chi connectivity index (χ3n) is 5.56.